The van der Waals surface area contributed by atoms with E-state index in [9.17, 15) is 18.0 Å². The lowest BCUT2D eigenvalue weighted by Gasteiger charge is -2.26. The molecule has 34 heavy (non-hydrogen) atoms. The molecular formula is C25H25ClN2O5S. The molecule has 1 amide bonds. The number of rotatable bonds is 8. The Morgan fingerprint density at radius 1 is 1.00 bits per heavy atom. The second-order valence-corrected chi connectivity index (χ2v) is 9.95. The zero-order chi connectivity index (χ0) is 24.9. The van der Waals surface area contributed by atoms with Crippen molar-refractivity contribution < 1.29 is 22.7 Å². The Bertz CT molecular complexity index is 1310. The number of halogens is 1. The zero-order valence-electron chi connectivity index (χ0n) is 19.0. The summed E-state index contributed by atoms with van der Waals surface area (Å²) < 4.78 is 32.8. The maximum Gasteiger partial charge on any atom is 0.337 e. The number of ether oxygens (including phenoxy) is 1. The lowest BCUT2D eigenvalue weighted by molar-refractivity contribution is -0.119. The van der Waals surface area contributed by atoms with Crippen LogP contribution in [-0.2, 0) is 26.1 Å². The summed E-state index contributed by atoms with van der Waals surface area (Å²) in [7, 11) is -2.77. The quantitative estimate of drug-likeness (QED) is 0.467. The number of hydrogen-bond acceptors (Lipinski definition) is 5. The molecule has 1 N–H and O–H groups in total. The van der Waals surface area contributed by atoms with Crippen molar-refractivity contribution in [3.05, 3.63) is 94.0 Å². The van der Waals surface area contributed by atoms with Gasteiger partial charge in [0.25, 0.3) is 10.0 Å². The molecule has 0 atom stereocenters. The van der Waals surface area contributed by atoms with Crippen molar-refractivity contribution in [2.45, 2.75) is 25.3 Å². The Kier molecular flexibility index (Phi) is 7.96. The van der Waals surface area contributed by atoms with Crippen LogP contribution in [0.25, 0.3) is 0 Å². The van der Waals surface area contributed by atoms with Crippen molar-refractivity contribution in [1.29, 1.82) is 0 Å². The number of carbonyl (C=O) groups excluding carboxylic acids is 2. The van der Waals surface area contributed by atoms with Gasteiger partial charge in [-0.25, -0.2) is 13.2 Å². The molecule has 0 aliphatic heterocycles. The van der Waals surface area contributed by atoms with E-state index in [4.69, 9.17) is 16.3 Å². The van der Waals surface area contributed by atoms with E-state index in [1.54, 1.807) is 61.5 Å². The summed E-state index contributed by atoms with van der Waals surface area (Å²) in [4.78, 5) is 24.7. The van der Waals surface area contributed by atoms with Gasteiger partial charge in [0.15, 0.2) is 0 Å². The molecule has 0 aliphatic carbocycles. The van der Waals surface area contributed by atoms with Crippen molar-refractivity contribution >= 4 is 39.2 Å². The summed E-state index contributed by atoms with van der Waals surface area (Å²) in [5.74, 6) is -1.00. The van der Waals surface area contributed by atoms with E-state index >= 15 is 0 Å². The highest BCUT2D eigenvalue weighted by Crippen LogP contribution is 2.30. The first-order valence-corrected chi connectivity index (χ1v) is 12.2. The molecule has 0 bridgehead atoms. The van der Waals surface area contributed by atoms with E-state index in [0.717, 1.165) is 9.87 Å². The smallest absolute Gasteiger partial charge is 0.337 e. The third kappa shape index (κ3) is 5.76. The standard InChI is InChI=1S/C25H25ClN2O5S/c1-17-10-12-21(13-11-17)34(31,32)28(23-9-5-8-22(26)18(23)2)16-24(29)27-15-19-6-4-7-20(14-19)25(30)33-3/h4-14H,15-16H2,1-3H3,(H,27,29). The highest BCUT2D eigenvalue weighted by Gasteiger charge is 2.28. The van der Waals surface area contributed by atoms with Crippen LogP contribution in [0.3, 0.4) is 0 Å². The number of nitrogens with one attached hydrogen (secondary N) is 1. The fourth-order valence-electron chi connectivity index (χ4n) is 3.32. The molecule has 0 saturated heterocycles. The monoisotopic (exact) mass is 500 g/mol. The normalized spacial score (nSPS) is 11.1. The first-order valence-electron chi connectivity index (χ1n) is 10.4. The highest BCUT2D eigenvalue weighted by atomic mass is 35.5. The number of aryl methyl sites for hydroxylation is 1. The summed E-state index contributed by atoms with van der Waals surface area (Å²) in [5, 5.41) is 3.11. The molecule has 0 fully saturated rings. The second kappa shape index (κ2) is 10.7. The highest BCUT2D eigenvalue weighted by molar-refractivity contribution is 7.92. The summed E-state index contributed by atoms with van der Waals surface area (Å²) >= 11 is 6.25. The van der Waals surface area contributed by atoms with E-state index < -0.39 is 28.4 Å². The number of methoxy groups -OCH3 is 1. The Hall–Kier alpha value is -3.36. The van der Waals surface area contributed by atoms with Gasteiger partial charge in [-0.1, -0.05) is 47.5 Å². The largest absolute Gasteiger partial charge is 0.465 e. The maximum atomic E-state index is 13.5. The van der Waals surface area contributed by atoms with Gasteiger partial charge < -0.3 is 10.1 Å². The first kappa shape index (κ1) is 25.3. The number of esters is 1. The number of hydrogen-bond donors (Lipinski definition) is 1. The van der Waals surface area contributed by atoms with Crippen LogP contribution in [-0.4, -0.2) is 33.9 Å². The van der Waals surface area contributed by atoms with Gasteiger partial charge >= 0.3 is 5.97 Å². The van der Waals surface area contributed by atoms with Gasteiger partial charge in [0.05, 0.1) is 23.3 Å². The SMILES string of the molecule is COC(=O)c1cccc(CNC(=O)CN(c2cccc(Cl)c2C)S(=O)(=O)c2ccc(C)cc2)c1. The maximum absolute atomic E-state index is 13.5. The van der Waals surface area contributed by atoms with Gasteiger partial charge in [0.2, 0.25) is 5.91 Å². The Morgan fingerprint density at radius 2 is 1.68 bits per heavy atom. The number of sulfonamides is 1. The van der Waals surface area contributed by atoms with Crippen LogP contribution in [0, 0.1) is 13.8 Å². The average molecular weight is 501 g/mol. The van der Waals surface area contributed by atoms with Crippen LogP contribution >= 0.6 is 11.6 Å². The molecule has 0 heterocycles. The average Bonchev–Trinajstić information content (AvgIpc) is 2.83. The third-order valence-corrected chi connectivity index (χ3v) is 7.43. The second-order valence-electron chi connectivity index (χ2n) is 7.68. The zero-order valence-corrected chi connectivity index (χ0v) is 20.6. The molecule has 0 aliphatic rings. The fraction of sp³-hybridized carbons (Fsp3) is 0.200. The van der Waals surface area contributed by atoms with Gasteiger partial charge in [-0.15, -0.1) is 0 Å². The summed E-state index contributed by atoms with van der Waals surface area (Å²) in [6.45, 7) is 3.22. The number of amides is 1. The van der Waals surface area contributed by atoms with Gasteiger partial charge in [-0.2, -0.15) is 0 Å². The van der Waals surface area contributed by atoms with Crippen LogP contribution in [0.5, 0.6) is 0 Å². The molecule has 0 spiro atoms. The van der Waals surface area contributed by atoms with Gasteiger partial charge in [-0.3, -0.25) is 9.10 Å². The number of nitrogens with zero attached hydrogens (tertiary/aromatic N) is 1. The van der Waals surface area contributed by atoms with E-state index in [-0.39, 0.29) is 11.4 Å². The number of anilines is 1. The molecular weight excluding hydrogens is 476 g/mol. The predicted molar refractivity (Wildman–Crippen MR) is 132 cm³/mol. The Labute approximate surface area is 204 Å². The third-order valence-electron chi connectivity index (χ3n) is 5.24. The summed E-state index contributed by atoms with van der Waals surface area (Å²) in [6, 6.07) is 18.0. The van der Waals surface area contributed by atoms with Crippen LogP contribution in [0.4, 0.5) is 5.69 Å². The van der Waals surface area contributed by atoms with Crippen LogP contribution < -0.4 is 9.62 Å². The lowest BCUT2D eigenvalue weighted by atomic mass is 10.1. The molecule has 3 rings (SSSR count). The molecule has 7 nitrogen and oxygen atoms in total. The minimum Gasteiger partial charge on any atom is -0.465 e. The van der Waals surface area contributed by atoms with Crippen LogP contribution in [0.1, 0.15) is 27.0 Å². The molecule has 178 valence electrons. The molecule has 0 unspecified atom stereocenters. The van der Waals surface area contributed by atoms with Crippen molar-refractivity contribution in [2.24, 2.45) is 0 Å². The number of carbonyl (C=O) groups is 2. The van der Waals surface area contributed by atoms with Crippen LogP contribution in [0.2, 0.25) is 5.02 Å². The molecule has 0 radical (unpaired) electrons. The van der Waals surface area contributed by atoms with Gasteiger partial charge in [0.1, 0.15) is 6.54 Å². The van der Waals surface area contributed by atoms with Crippen LogP contribution in [0.15, 0.2) is 71.6 Å². The molecule has 0 saturated carbocycles. The van der Waals surface area contributed by atoms with Crippen molar-refractivity contribution in [1.82, 2.24) is 5.32 Å². The molecule has 9 heteroatoms. The number of benzene rings is 3. The predicted octanol–water partition coefficient (Wildman–Crippen LogP) is 4.26. The minimum atomic E-state index is -4.06. The molecule has 3 aromatic carbocycles. The first-order chi connectivity index (χ1) is 16.1. The lowest BCUT2D eigenvalue weighted by Crippen LogP contribution is -2.41. The van der Waals surface area contributed by atoms with Crippen molar-refractivity contribution in [2.75, 3.05) is 18.0 Å². The minimum absolute atomic E-state index is 0.0658. The van der Waals surface area contributed by atoms with Crippen molar-refractivity contribution in [3.63, 3.8) is 0 Å². The van der Waals surface area contributed by atoms with E-state index in [0.29, 0.717) is 27.4 Å². The fourth-order valence-corrected chi connectivity index (χ4v) is 4.96. The van der Waals surface area contributed by atoms with E-state index in [1.807, 2.05) is 6.92 Å². The molecule has 3 aromatic rings. The van der Waals surface area contributed by atoms with Gasteiger partial charge in [0, 0.05) is 11.6 Å². The van der Waals surface area contributed by atoms with Crippen molar-refractivity contribution in [3.8, 4) is 0 Å². The van der Waals surface area contributed by atoms with E-state index in [1.165, 1.54) is 19.2 Å². The summed E-state index contributed by atoms with van der Waals surface area (Å²) in [6.07, 6.45) is 0. The van der Waals surface area contributed by atoms with E-state index in [2.05, 4.69) is 5.32 Å². The molecule has 0 aromatic heterocycles. The van der Waals surface area contributed by atoms with Gasteiger partial charge in [-0.05, 0) is 61.4 Å². The Morgan fingerprint density at radius 3 is 2.35 bits per heavy atom. The Balaban J connectivity index is 1.87. The topological polar surface area (TPSA) is 92.8 Å². The summed E-state index contributed by atoms with van der Waals surface area (Å²) in [5.41, 5.74) is 2.79.